The van der Waals surface area contributed by atoms with Crippen molar-refractivity contribution in [2.45, 2.75) is 63.9 Å². The van der Waals surface area contributed by atoms with Gasteiger partial charge in [0.25, 0.3) is 0 Å². The van der Waals surface area contributed by atoms with E-state index in [-0.39, 0.29) is 24.1 Å². The Kier molecular flexibility index (Phi) is 4.53. The molecule has 1 amide bonds. The molecule has 3 rings (SSSR count). The maximum Gasteiger partial charge on any atom is 0.419 e. The Morgan fingerprint density at radius 2 is 1.88 bits per heavy atom. The molecular weight excluding hydrogens is 350 g/mol. The van der Waals surface area contributed by atoms with E-state index in [0.717, 1.165) is 6.07 Å². The number of amides is 1. The molecule has 1 aromatic rings. The van der Waals surface area contributed by atoms with Crippen molar-refractivity contribution >= 4 is 11.7 Å². The Morgan fingerprint density at radius 1 is 1.19 bits per heavy atom. The van der Waals surface area contributed by atoms with E-state index in [1.807, 2.05) is 0 Å². The smallest absolute Gasteiger partial charge is 0.419 e. The van der Waals surface area contributed by atoms with E-state index in [1.54, 1.807) is 31.7 Å². The maximum absolute atomic E-state index is 13.9. The van der Waals surface area contributed by atoms with Gasteiger partial charge in [0, 0.05) is 6.04 Å². The Labute approximate surface area is 149 Å². The average Bonchev–Trinajstić information content (AvgIpc) is 2.74. The highest BCUT2D eigenvalue weighted by atomic mass is 19.4. The van der Waals surface area contributed by atoms with Gasteiger partial charge >= 0.3 is 12.3 Å². The van der Waals surface area contributed by atoms with Crippen molar-refractivity contribution in [3.8, 4) is 0 Å². The van der Waals surface area contributed by atoms with Gasteiger partial charge in [0.1, 0.15) is 11.4 Å². The summed E-state index contributed by atoms with van der Waals surface area (Å²) < 4.78 is 59.2. The van der Waals surface area contributed by atoms with Crippen LogP contribution in [0.3, 0.4) is 0 Å². The normalized spacial score (nSPS) is 23.0. The first-order valence-corrected chi connectivity index (χ1v) is 8.55. The topological polar surface area (TPSA) is 29.5 Å². The molecule has 1 saturated heterocycles. The van der Waals surface area contributed by atoms with Crippen LogP contribution in [0.2, 0.25) is 0 Å². The molecule has 0 spiro atoms. The highest BCUT2D eigenvalue weighted by molar-refractivity contribution is 5.76. The first kappa shape index (κ1) is 18.7. The van der Waals surface area contributed by atoms with Gasteiger partial charge in [-0.15, -0.1) is 0 Å². The third-order valence-corrected chi connectivity index (χ3v) is 4.64. The van der Waals surface area contributed by atoms with Gasteiger partial charge in [-0.2, -0.15) is 13.2 Å². The molecule has 0 radical (unpaired) electrons. The molecule has 1 fully saturated rings. The molecule has 2 atom stereocenters. The predicted molar refractivity (Wildman–Crippen MR) is 88.9 cm³/mol. The summed E-state index contributed by atoms with van der Waals surface area (Å²) in [5.74, 6) is -1.28. The van der Waals surface area contributed by atoms with Gasteiger partial charge in [-0.25, -0.2) is 9.18 Å². The van der Waals surface area contributed by atoms with Crippen molar-refractivity contribution in [2.75, 3.05) is 0 Å². The van der Waals surface area contributed by atoms with E-state index >= 15 is 0 Å². The van der Waals surface area contributed by atoms with Crippen molar-refractivity contribution in [3.63, 3.8) is 0 Å². The van der Waals surface area contributed by atoms with Crippen LogP contribution in [0.5, 0.6) is 0 Å². The summed E-state index contributed by atoms with van der Waals surface area (Å²) in [7, 11) is 0. The summed E-state index contributed by atoms with van der Waals surface area (Å²) in [5.41, 5.74) is -1.59. The molecule has 26 heavy (non-hydrogen) atoms. The van der Waals surface area contributed by atoms with Crippen molar-refractivity contribution < 1.29 is 27.1 Å². The van der Waals surface area contributed by atoms with E-state index in [1.165, 1.54) is 12.1 Å². The Bertz CT molecular complexity index is 749. The molecule has 142 valence electrons. The molecule has 2 aliphatic rings. The van der Waals surface area contributed by atoms with E-state index in [0.29, 0.717) is 18.4 Å². The van der Waals surface area contributed by atoms with Crippen LogP contribution in [-0.2, 0) is 10.9 Å². The van der Waals surface area contributed by atoms with Gasteiger partial charge in [-0.1, -0.05) is 18.2 Å². The van der Waals surface area contributed by atoms with Crippen LogP contribution < -0.4 is 0 Å². The van der Waals surface area contributed by atoms with E-state index < -0.39 is 29.3 Å². The zero-order chi connectivity index (χ0) is 19.3. The molecule has 0 saturated carbocycles. The second-order valence-electron chi connectivity index (χ2n) is 7.74. The number of alkyl halides is 3. The molecule has 3 nitrogen and oxygen atoms in total. The standard InChI is InChI=1S/C19H21F4NO2/c1-18(2,3)26-17(25)24-12-7-8-13(24)10-11(9-12)14-5-4-6-15(20)16(14)19(21,22)23/h4-6,9,12-13H,7-8,10H2,1-3H3. The summed E-state index contributed by atoms with van der Waals surface area (Å²) in [6.45, 7) is 5.29. The summed E-state index contributed by atoms with van der Waals surface area (Å²) in [5, 5.41) is 0. The van der Waals surface area contributed by atoms with Crippen LogP contribution in [-0.4, -0.2) is 28.7 Å². The zero-order valence-electron chi connectivity index (χ0n) is 14.9. The number of halogens is 4. The number of carbonyl (C=O) groups is 1. The first-order valence-electron chi connectivity index (χ1n) is 8.55. The highest BCUT2D eigenvalue weighted by Gasteiger charge is 2.44. The third kappa shape index (κ3) is 3.57. The second kappa shape index (κ2) is 6.28. The molecule has 0 aromatic heterocycles. The fourth-order valence-electron chi connectivity index (χ4n) is 3.71. The fourth-order valence-corrected chi connectivity index (χ4v) is 3.71. The Morgan fingerprint density at radius 3 is 2.46 bits per heavy atom. The lowest BCUT2D eigenvalue weighted by Crippen LogP contribution is -2.45. The molecule has 7 heteroatoms. The second-order valence-corrected chi connectivity index (χ2v) is 7.74. The SMILES string of the molecule is CC(C)(C)OC(=O)N1C2C=C(c3cccc(F)c3C(F)(F)F)CC1CC2. The number of carbonyl (C=O) groups excluding carboxylic acids is 1. The molecular formula is C19H21F4NO2. The molecule has 1 aromatic carbocycles. The van der Waals surface area contributed by atoms with Crippen LogP contribution >= 0.6 is 0 Å². The summed E-state index contributed by atoms with van der Waals surface area (Å²) >= 11 is 0. The van der Waals surface area contributed by atoms with Gasteiger partial charge in [-0.3, -0.25) is 4.90 Å². The molecule has 0 aliphatic carbocycles. The zero-order valence-corrected chi connectivity index (χ0v) is 14.9. The van der Waals surface area contributed by atoms with Crippen molar-refractivity contribution in [3.05, 3.63) is 41.2 Å². The summed E-state index contributed by atoms with van der Waals surface area (Å²) in [6.07, 6.45) is -2.00. The average molecular weight is 371 g/mol. The third-order valence-electron chi connectivity index (χ3n) is 4.64. The monoisotopic (exact) mass is 371 g/mol. The predicted octanol–water partition coefficient (Wildman–Crippen LogP) is 5.40. The van der Waals surface area contributed by atoms with Gasteiger partial charge in [0.05, 0.1) is 11.6 Å². The van der Waals surface area contributed by atoms with Gasteiger partial charge in [-0.05, 0) is 57.2 Å². The first-order chi connectivity index (χ1) is 12.0. The summed E-state index contributed by atoms with van der Waals surface area (Å²) in [6, 6.07) is 2.82. The van der Waals surface area contributed by atoms with Crippen LogP contribution in [0.4, 0.5) is 22.4 Å². The lowest BCUT2D eigenvalue weighted by molar-refractivity contribution is -0.140. The van der Waals surface area contributed by atoms with Crippen LogP contribution in [0.25, 0.3) is 5.57 Å². The van der Waals surface area contributed by atoms with Crippen molar-refractivity contribution in [1.82, 2.24) is 4.90 Å². The number of benzene rings is 1. The molecule has 2 aliphatic heterocycles. The minimum absolute atomic E-state index is 0.141. The van der Waals surface area contributed by atoms with E-state index in [2.05, 4.69) is 0 Å². The van der Waals surface area contributed by atoms with Gasteiger partial charge < -0.3 is 4.74 Å². The van der Waals surface area contributed by atoms with Gasteiger partial charge in [0.2, 0.25) is 0 Å². The molecule has 2 bridgehead atoms. The Balaban J connectivity index is 1.94. The number of fused-ring (bicyclic) bond motifs is 2. The van der Waals surface area contributed by atoms with Crippen molar-refractivity contribution in [2.24, 2.45) is 0 Å². The minimum Gasteiger partial charge on any atom is -0.444 e. The largest absolute Gasteiger partial charge is 0.444 e. The molecule has 0 N–H and O–H groups in total. The lowest BCUT2D eigenvalue weighted by Gasteiger charge is -2.35. The minimum atomic E-state index is -4.77. The van der Waals surface area contributed by atoms with Crippen LogP contribution in [0.1, 0.15) is 51.2 Å². The number of hydrogen-bond donors (Lipinski definition) is 0. The molecule has 2 heterocycles. The quantitative estimate of drug-likeness (QED) is 0.619. The number of rotatable bonds is 1. The maximum atomic E-state index is 13.9. The number of ether oxygens (including phenoxy) is 1. The summed E-state index contributed by atoms with van der Waals surface area (Å²) in [4.78, 5) is 14.0. The number of hydrogen-bond acceptors (Lipinski definition) is 2. The Hall–Kier alpha value is -2.05. The van der Waals surface area contributed by atoms with Gasteiger partial charge in [0.15, 0.2) is 0 Å². The number of nitrogens with zero attached hydrogens (tertiary/aromatic N) is 1. The lowest BCUT2D eigenvalue weighted by atomic mass is 9.91. The highest BCUT2D eigenvalue weighted by Crippen LogP contribution is 2.43. The van der Waals surface area contributed by atoms with Crippen molar-refractivity contribution in [1.29, 1.82) is 0 Å². The van der Waals surface area contributed by atoms with E-state index in [4.69, 9.17) is 4.74 Å². The fraction of sp³-hybridized carbons (Fsp3) is 0.526. The van der Waals surface area contributed by atoms with Crippen LogP contribution in [0.15, 0.2) is 24.3 Å². The molecule has 2 unspecified atom stereocenters. The van der Waals surface area contributed by atoms with E-state index in [9.17, 15) is 22.4 Å². The van der Waals surface area contributed by atoms with Crippen LogP contribution in [0, 0.1) is 5.82 Å².